The van der Waals surface area contributed by atoms with E-state index in [2.05, 4.69) is 0 Å². The van der Waals surface area contributed by atoms with Crippen LogP contribution >= 0.6 is 11.6 Å². The van der Waals surface area contributed by atoms with Gasteiger partial charge in [0.15, 0.2) is 21.3 Å². The van der Waals surface area contributed by atoms with Gasteiger partial charge >= 0.3 is 0 Å². The summed E-state index contributed by atoms with van der Waals surface area (Å²) in [5.74, 6) is 0.686. The van der Waals surface area contributed by atoms with Crippen molar-refractivity contribution in [3.63, 3.8) is 0 Å². The standard InChI is InChI=1S/C14H22ClNO4S/c1-14(2,3)21(17,18)6-5-20-13-11(15)7-10(9-16)8-12(13)19-4/h7-8H,5-6,9,16H2,1-4H3. The molecular weight excluding hydrogens is 314 g/mol. The first-order chi connectivity index (χ1) is 9.62. The van der Waals surface area contributed by atoms with Crippen molar-refractivity contribution >= 4 is 21.4 Å². The van der Waals surface area contributed by atoms with Crippen LogP contribution in [0.15, 0.2) is 12.1 Å². The number of methoxy groups -OCH3 is 1. The lowest BCUT2D eigenvalue weighted by molar-refractivity contribution is 0.311. The van der Waals surface area contributed by atoms with Crippen molar-refractivity contribution in [3.05, 3.63) is 22.7 Å². The highest BCUT2D eigenvalue weighted by Crippen LogP contribution is 2.36. The Morgan fingerprint density at radius 1 is 1.29 bits per heavy atom. The van der Waals surface area contributed by atoms with Crippen LogP contribution in [0, 0.1) is 0 Å². The zero-order valence-electron chi connectivity index (χ0n) is 12.8. The predicted octanol–water partition coefficient (Wildman–Crippen LogP) is 2.40. The molecule has 2 N–H and O–H groups in total. The molecule has 0 aliphatic heterocycles. The van der Waals surface area contributed by atoms with Crippen LogP contribution in [0.2, 0.25) is 5.02 Å². The summed E-state index contributed by atoms with van der Waals surface area (Å²) in [5.41, 5.74) is 6.37. The third-order valence-corrected chi connectivity index (χ3v) is 5.91. The summed E-state index contributed by atoms with van der Waals surface area (Å²) < 4.78 is 33.9. The fourth-order valence-corrected chi connectivity index (χ4v) is 2.79. The molecule has 0 heterocycles. The molecule has 0 aliphatic rings. The van der Waals surface area contributed by atoms with Crippen molar-refractivity contribution < 1.29 is 17.9 Å². The van der Waals surface area contributed by atoms with Crippen LogP contribution in [0.1, 0.15) is 26.3 Å². The average Bonchev–Trinajstić information content (AvgIpc) is 2.38. The molecule has 0 spiro atoms. The highest BCUT2D eigenvalue weighted by atomic mass is 35.5. The Labute approximate surface area is 131 Å². The lowest BCUT2D eigenvalue weighted by Gasteiger charge is -2.20. The average molecular weight is 336 g/mol. The summed E-state index contributed by atoms with van der Waals surface area (Å²) in [5, 5.41) is 0.350. The Kier molecular flexibility index (Phi) is 5.90. The molecule has 0 unspecified atom stereocenters. The maximum absolute atomic E-state index is 12.0. The van der Waals surface area contributed by atoms with E-state index in [1.54, 1.807) is 32.9 Å². The number of benzene rings is 1. The van der Waals surface area contributed by atoms with Gasteiger partial charge in [-0.25, -0.2) is 8.42 Å². The summed E-state index contributed by atoms with van der Waals surface area (Å²) in [6.07, 6.45) is 0. The molecule has 21 heavy (non-hydrogen) atoms. The molecule has 0 saturated heterocycles. The number of nitrogens with two attached hydrogens (primary N) is 1. The third kappa shape index (κ3) is 4.49. The normalized spacial score (nSPS) is 12.3. The van der Waals surface area contributed by atoms with E-state index in [0.29, 0.717) is 23.1 Å². The van der Waals surface area contributed by atoms with E-state index in [4.69, 9.17) is 26.8 Å². The molecule has 0 saturated carbocycles. The molecule has 0 amide bonds. The van der Waals surface area contributed by atoms with E-state index in [9.17, 15) is 8.42 Å². The van der Waals surface area contributed by atoms with Gasteiger partial charge in [0.1, 0.15) is 6.61 Å². The first-order valence-electron chi connectivity index (χ1n) is 6.54. The number of rotatable bonds is 6. The molecule has 0 aliphatic carbocycles. The summed E-state index contributed by atoms with van der Waals surface area (Å²) in [4.78, 5) is 0. The number of ether oxygens (including phenoxy) is 2. The molecule has 1 aromatic rings. The second kappa shape index (κ2) is 6.85. The Balaban J connectivity index is 2.86. The van der Waals surface area contributed by atoms with Gasteiger partial charge in [-0.05, 0) is 38.5 Å². The number of hydrogen-bond donors (Lipinski definition) is 1. The van der Waals surface area contributed by atoms with Crippen molar-refractivity contribution in [3.8, 4) is 11.5 Å². The molecule has 5 nitrogen and oxygen atoms in total. The third-order valence-electron chi connectivity index (χ3n) is 3.06. The lowest BCUT2D eigenvalue weighted by atomic mass is 10.2. The summed E-state index contributed by atoms with van der Waals surface area (Å²) >= 11 is 6.12. The Morgan fingerprint density at radius 3 is 2.38 bits per heavy atom. The van der Waals surface area contributed by atoms with Gasteiger partial charge in [-0.15, -0.1) is 0 Å². The summed E-state index contributed by atoms with van der Waals surface area (Å²) in [6, 6.07) is 3.40. The molecule has 0 fully saturated rings. The van der Waals surface area contributed by atoms with Crippen LogP contribution in [0.25, 0.3) is 0 Å². The Hall–Kier alpha value is -0.980. The minimum absolute atomic E-state index is 0.0116. The lowest BCUT2D eigenvalue weighted by Crippen LogP contribution is -2.32. The molecule has 0 radical (unpaired) electrons. The number of sulfone groups is 1. The van der Waals surface area contributed by atoms with Crippen LogP contribution in [0.4, 0.5) is 0 Å². The molecule has 1 aromatic carbocycles. The molecular formula is C14H22ClNO4S. The van der Waals surface area contributed by atoms with E-state index in [1.165, 1.54) is 7.11 Å². The predicted molar refractivity (Wildman–Crippen MR) is 84.9 cm³/mol. The summed E-state index contributed by atoms with van der Waals surface area (Å²) in [7, 11) is -1.75. The topological polar surface area (TPSA) is 78.6 Å². The molecule has 1 rings (SSSR count). The van der Waals surface area contributed by atoms with Crippen molar-refractivity contribution in [2.75, 3.05) is 19.5 Å². The van der Waals surface area contributed by atoms with Gasteiger partial charge in [0.05, 0.1) is 22.6 Å². The molecule has 0 bridgehead atoms. The maximum atomic E-state index is 12.0. The van der Waals surface area contributed by atoms with E-state index in [0.717, 1.165) is 5.56 Å². The van der Waals surface area contributed by atoms with Gasteiger partial charge in [0, 0.05) is 6.54 Å². The van der Waals surface area contributed by atoms with Gasteiger partial charge in [0.2, 0.25) is 0 Å². The minimum atomic E-state index is -3.24. The highest BCUT2D eigenvalue weighted by molar-refractivity contribution is 7.92. The van der Waals surface area contributed by atoms with Gasteiger partial charge in [-0.1, -0.05) is 11.6 Å². The zero-order chi connectivity index (χ0) is 16.3. The first kappa shape index (κ1) is 18.1. The van der Waals surface area contributed by atoms with Gasteiger partial charge in [-0.2, -0.15) is 0 Å². The quantitative estimate of drug-likeness (QED) is 0.863. The molecule has 0 aromatic heterocycles. The monoisotopic (exact) mass is 335 g/mol. The number of halogens is 1. The first-order valence-corrected chi connectivity index (χ1v) is 8.57. The summed E-state index contributed by atoms with van der Waals surface area (Å²) in [6.45, 7) is 5.32. The van der Waals surface area contributed by atoms with Crippen LogP contribution in [0.3, 0.4) is 0 Å². The van der Waals surface area contributed by atoms with Crippen LogP contribution in [-0.2, 0) is 16.4 Å². The zero-order valence-corrected chi connectivity index (χ0v) is 14.3. The fourth-order valence-electron chi connectivity index (χ4n) is 1.59. The Morgan fingerprint density at radius 2 is 1.90 bits per heavy atom. The largest absolute Gasteiger partial charge is 0.493 e. The van der Waals surface area contributed by atoms with Crippen molar-refractivity contribution in [2.45, 2.75) is 32.1 Å². The van der Waals surface area contributed by atoms with Gasteiger partial charge in [0.25, 0.3) is 0 Å². The van der Waals surface area contributed by atoms with Gasteiger partial charge < -0.3 is 15.2 Å². The van der Waals surface area contributed by atoms with Crippen LogP contribution in [0.5, 0.6) is 11.5 Å². The minimum Gasteiger partial charge on any atom is -0.493 e. The van der Waals surface area contributed by atoms with Gasteiger partial charge in [-0.3, -0.25) is 0 Å². The smallest absolute Gasteiger partial charge is 0.179 e. The van der Waals surface area contributed by atoms with E-state index < -0.39 is 14.6 Å². The fraction of sp³-hybridized carbons (Fsp3) is 0.571. The van der Waals surface area contributed by atoms with E-state index >= 15 is 0 Å². The highest BCUT2D eigenvalue weighted by Gasteiger charge is 2.28. The second-order valence-corrected chi connectivity index (χ2v) is 8.86. The van der Waals surface area contributed by atoms with Crippen LogP contribution in [-0.4, -0.2) is 32.6 Å². The number of hydrogen-bond acceptors (Lipinski definition) is 5. The van der Waals surface area contributed by atoms with E-state index in [-0.39, 0.29) is 12.4 Å². The maximum Gasteiger partial charge on any atom is 0.179 e. The van der Waals surface area contributed by atoms with Crippen molar-refractivity contribution in [1.29, 1.82) is 0 Å². The molecule has 0 atom stereocenters. The molecule has 7 heteroatoms. The van der Waals surface area contributed by atoms with Crippen molar-refractivity contribution in [2.24, 2.45) is 5.73 Å². The second-order valence-electron chi connectivity index (χ2n) is 5.59. The Bertz CT molecular complexity index is 594. The van der Waals surface area contributed by atoms with E-state index in [1.807, 2.05) is 0 Å². The SMILES string of the molecule is COc1cc(CN)cc(Cl)c1OCCS(=O)(=O)C(C)(C)C. The van der Waals surface area contributed by atoms with Crippen LogP contribution < -0.4 is 15.2 Å². The van der Waals surface area contributed by atoms with Crippen molar-refractivity contribution in [1.82, 2.24) is 0 Å². The molecule has 120 valence electrons.